The van der Waals surface area contributed by atoms with Crippen molar-refractivity contribution in [2.24, 2.45) is 4.99 Å². The Kier molecular flexibility index (Phi) is 3.75. The lowest BCUT2D eigenvalue weighted by Gasteiger charge is -2.12. The van der Waals surface area contributed by atoms with Gasteiger partial charge in [0, 0.05) is 11.2 Å². The van der Waals surface area contributed by atoms with Gasteiger partial charge in [0.2, 0.25) is 5.88 Å². The van der Waals surface area contributed by atoms with E-state index in [2.05, 4.69) is 9.98 Å². The van der Waals surface area contributed by atoms with Gasteiger partial charge in [0.15, 0.2) is 0 Å². The van der Waals surface area contributed by atoms with E-state index in [9.17, 15) is 14.7 Å². The number of aromatic amines is 1. The Labute approximate surface area is 135 Å². The number of hydrogen-bond donors (Lipinski definition) is 2. The molecule has 0 saturated carbocycles. The van der Waals surface area contributed by atoms with Crippen LogP contribution in [0.5, 0.6) is 5.88 Å². The van der Waals surface area contributed by atoms with Gasteiger partial charge < -0.3 is 5.11 Å². The summed E-state index contributed by atoms with van der Waals surface area (Å²) in [5.74, 6) is -0.466. The molecule has 0 saturated heterocycles. The van der Waals surface area contributed by atoms with Crippen molar-refractivity contribution < 1.29 is 5.11 Å². The predicted octanol–water partition coefficient (Wildman–Crippen LogP) is 2.17. The van der Waals surface area contributed by atoms with Crippen LogP contribution in [-0.4, -0.2) is 20.9 Å². The smallest absolute Gasteiger partial charge is 0.335 e. The lowest BCUT2D eigenvalue weighted by molar-refractivity contribution is 0.429. The molecule has 0 atom stereocenters. The van der Waals surface area contributed by atoms with Crippen molar-refractivity contribution >= 4 is 23.9 Å². The fourth-order valence-electron chi connectivity index (χ4n) is 2.26. The second kappa shape index (κ2) is 5.73. The third kappa shape index (κ3) is 2.76. The Bertz CT molecular complexity index is 983. The van der Waals surface area contributed by atoms with Crippen LogP contribution in [0.1, 0.15) is 11.1 Å². The molecule has 116 valence electrons. The zero-order valence-electron chi connectivity index (χ0n) is 12.1. The molecule has 0 bridgehead atoms. The lowest BCUT2D eigenvalue weighted by Crippen LogP contribution is -2.30. The van der Waals surface area contributed by atoms with Crippen molar-refractivity contribution in [3.63, 3.8) is 0 Å². The summed E-state index contributed by atoms with van der Waals surface area (Å²) in [6.45, 7) is 1.77. The zero-order chi connectivity index (χ0) is 16.6. The third-order valence-corrected chi connectivity index (χ3v) is 3.64. The molecule has 1 aliphatic heterocycles. The first-order valence-electron chi connectivity index (χ1n) is 6.74. The minimum absolute atomic E-state index is 0.0531. The van der Waals surface area contributed by atoms with Crippen LogP contribution in [0.15, 0.2) is 50.6 Å². The summed E-state index contributed by atoms with van der Waals surface area (Å²) < 4.78 is 1.01. The van der Waals surface area contributed by atoms with Crippen LogP contribution >= 0.6 is 11.6 Å². The number of benzene rings is 1. The van der Waals surface area contributed by atoms with E-state index in [4.69, 9.17) is 11.6 Å². The fraction of sp³-hybridized carbons (Fsp3) is 0.0625. The van der Waals surface area contributed by atoms with Gasteiger partial charge in [-0.3, -0.25) is 14.8 Å². The van der Waals surface area contributed by atoms with Crippen LogP contribution < -0.4 is 11.2 Å². The first-order valence-corrected chi connectivity index (χ1v) is 7.12. The van der Waals surface area contributed by atoms with Crippen molar-refractivity contribution in [1.29, 1.82) is 0 Å². The highest BCUT2D eigenvalue weighted by Gasteiger charge is 2.16. The van der Waals surface area contributed by atoms with Crippen molar-refractivity contribution in [3.8, 4) is 11.6 Å². The van der Waals surface area contributed by atoms with Crippen LogP contribution in [0.25, 0.3) is 11.8 Å². The molecule has 23 heavy (non-hydrogen) atoms. The molecule has 6 nitrogen and oxygen atoms in total. The topological polar surface area (TPSA) is 87.4 Å². The Balaban J connectivity index is 2.30. The summed E-state index contributed by atoms with van der Waals surface area (Å²) in [5.41, 5.74) is 0.121. The van der Waals surface area contributed by atoms with Crippen LogP contribution in [0.4, 0.5) is 0 Å². The summed E-state index contributed by atoms with van der Waals surface area (Å²) in [4.78, 5) is 30.4. The van der Waals surface area contributed by atoms with Crippen molar-refractivity contribution in [2.75, 3.05) is 0 Å². The van der Waals surface area contributed by atoms with E-state index in [0.29, 0.717) is 16.4 Å². The Morgan fingerprint density at radius 1 is 1.35 bits per heavy atom. The molecule has 1 aliphatic rings. The highest BCUT2D eigenvalue weighted by Crippen LogP contribution is 2.24. The SMILES string of the molecule is Cc1ccc(Cl)cc1-n1c(O)c(/C=C2/C=CC=N2)c(=O)[nH]c1=O. The highest BCUT2D eigenvalue weighted by molar-refractivity contribution is 6.30. The van der Waals surface area contributed by atoms with Gasteiger partial charge in [-0.25, -0.2) is 9.36 Å². The van der Waals surface area contributed by atoms with E-state index < -0.39 is 17.1 Å². The minimum Gasteiger partial charge on any atom is -0.494 e. The van der Waals surface area contributed by atoms with Crippen LogP contribution in [0.3, 0.4) is 0 Å². The number of H-pyrrole nitrogens is 1. The van der Waals surface area contributed by atoms with E-state index in [1.165, 1.54) is 6.08 Å². The molecule has 2 aromatic rings. The standard InChI is InChI=1S/C16H12ClN3O3/c1-9-4-5-10(17)7-13(9)20-15(22)12(14(21)19-16(20)23)8-11-3-2-6-18-11/h2-8,22H,1H3,(H,19,21,23)/b11-8-. The molecule has 0 amide bonds. The molecule has 3 rings (SSSR count). The maximum absolute atomic E-state index is 12.2. The second-order valence-corrected chi connectivity index (χ2v) is 5.41. The number of nitrogens with one attached hydrogen (secondary N) is 1. The average Bonchev–Trinajstić information content (AvgIpc) is 3.00. The number of halogens is 1. The fourth-order valence-corrected chi connectivity index (χ4v) is 2.43. The Morgan fingerprint density at radius 3 is 2.83 bits per heavy atom. The van der Waals surface area contributed by atoms with E-state index in [-0.39, 0.29) is 5.56 Å². The van der Waals surface area contributed by atoms with Crippen LogP contribution in [-0.2, 0) is 0 Å². The lowest BCUT2D eigenvalue weighted by atomic mass is 10.2. The van der Waals surface area contributed by atoms with Gasteiger partial charge in [-0.05, 0) is 42.8 Å². The van der Waals surface area contributed by atoms with Gasteiger partial charge in [0.25, 0.3) is 5.56 Å². The van der Waals surface area contributed by atoms with Gasteiger partial charge in [-0.1, -0.05) is 17.7 Å². The van der Waals surface area contributed by atoms with Gasteiger partial charge >= 0.3 is 5.69 Å². The van der Waals surface area contributed by atoms with Gasteiger partial charge in [-0.15, -0.1) is 0 Å². The van der Waals surface area contributed by atoms with Gasteiger partial charge in [0.05, 0.1) is 11.4 Å². The molecule has 1 aromatic carbocycles. The summed E-state index contributed by atoms with van der Waals surface area (Å²) in [6, 6.07) is 4.94. The van der Waals surface area contributed by atoms with Crippen molar-refractivity contribution in [2.45, 2.75) is 6.92 Å². The summed E-state index contributed by atoms with van der Waals surface area (Å²) in [5, 5.41) is 10.9. The molecule has 0 radical (unpaired) electrons. The first-order chi connectivity index (χ1) is 11.0. The van der Waals surface area contributed by atoms with Crippen molar-refractivity contribution in [3.05, 3.63) is 73.0 Å². The summed E-state index contributed by atoms with van der Waals surface area (Å²) >= 11 is 5.97. The molecule has 7 heteroatoms. The molecule has 0 spiro atoms. The molecular weight excluding hydrogens is 318 g/mol. The number of aromatic hydroxyl groups is 1. The molecule has 1 aromatic heterocycles. The molecule has 2 N–H and O–H groups in total. The van der Waals surface area contributed by atoms with Crippen LogP contribution in [0, 0.1) is 6.92 Å². The first kappa shape index (κ1) is 15.1. The Morgan fingerprint density at radius 2 is 2.13 bits per heavy atom. The molecule has 2 heterocycles. The summed E-state index contributed by atoms with van der Waals surface area (Å²) in [6.07, 6.45) is 6.35. The predicted molar refractivity (Wildman–Crippen MR) is 89.7 cm³/mol. The second-order valence-electron chi connectivity index (χ2n) is 4.97. The average molecular weight is 330 g/mol. The highest BCUT2D eigenvalue weighted by atomic mass is 35.5. The maximum atomic E-state index is 12.2. The van der Waals surface area contributed by atoms with Crippen molar-refractivity contribution in [1.82, 2.24) is 9.55 Å². The Hall–Kier alpha value is -2.86. The minimum atomic E-state index is -0.745. The molecular formula is C16H12ClN3O3. The molecule has 0 unspecified atom stereocenters. The van der Waals surface area contributed by atoms with E-state index in [1.54, 1.807) is 43.5 Å². The molecule has 0 aliphatic carbocycles. The number of allylic oxidation sites excluding steroid dienone is 2. The quantitative estimate of drug-likeness (QED) is 0.885. The number of hydrogen-bond acceptors (Lipinski definition) is 4. The third-order valence-electron chi connectivity index (χ3n) is 3.40. The normalized spacial score (nSPS) is 14.8. The largest absolute Gasteiger partial charge is 0.494 e. The van der Waals surface area contributed by atoms with Crippen LogP contribution in [0.2, 0.25) is 5.02 Å². The number of aromatic nitrogens is 2. The van der Waals surface area contributed by atoms with Gasteiger partial charge in [-0.2, -0.15) is 0 Å². The van der Waals surface area contributed by atoms with E-state index in [0.717, 1.165) is 10.1 Å². The van der Waals surface area contributed by atoms with E-state index in [1.807, 2.05) is 0 Å². The maximum Gasteiger partial charge on any atom is 0.335 e. The van der Waals surface area contributed by atoms with Gasteiger partial charge in [0.1, 0.15) is 5.56 Å². The number of aryl methyl sites for hydroxylation is 1. The summed E-state index contributed by atoms with van der Waals surface area (Å²) in [7, 11) is 0. The number of aliphatic imine (C=N–C) groups is 1. The van der Waals surface area contributed by atoms with E-state index >= 15 is 0 Å². The number of rotatable bonds is 2. The zero-order valence-corrected chi connectivity index (χ0v) is 12.8. The number of nitrogens with zero attached hydrogens (tertiary/aromatic N) is 2. The monoisotopic (exact) mass is 329 g/mol. The molecule has 0 fully saturated rings.